The minimum absolute atomic E-state index is 0.0320. The Labute approximate surface area is 72.8 Å². The molecule has 0 aliphatic carbocycles. The minimum atomic E-state index is -0.349. The predicted molar refractivity (Wildman–Crippen MR) is 48.4 cm³/mol. The van der Waals surface area contributed by atoms with Gasteiger partial charge in [0.25, 0.3) is 5.56 Å². The number of nitrogen functional groups attached to an aromatic ring is 1. The molecular formula is C8H7N3O2. The SMILES string of the molecule is Nc1nc2ccc(O)cc2c(=O)[nH]1. The van der Waals surface area contributed by atoms with Crippen molar-refractivity contribution in [1.29, 1.82) is 0 Å². The van der Waals surface area contributed by atoms with Crippen LogP contribution in [0.25, 0.3) is 10.9 Å². The molecule has 1 aromatic heterocycles. The second-order valence-corrected chi connectivity index (χ2v) is 2.65. The number of nitrogens with two attached hydrogens (primary N) is 1. The van der Waals surface area contributed by atoms with Crippen LogP contribution in [0.5, 0.6) is 5.75 Å². The lowest BCUT2D eigenvalue weighted by molar-refractivity contribution is 0.476. The smallest absolute Gasteiger partial charge is 0.260 e. The van der Waals surface area contributed by atoms with Gasteiger partial charge >= 0.3 is 0 Å². The third-order valence-electron chi connectivity index (χ3n) is 1.71. The second kappa shape index (κ2) is 2.48. The molecule has 0 saturated heterocycles. The maximum Gasteiger partial charge on any atom is 0.260 e. The molecule has 4 N–H and O–H groups in total. The Kier molecular flexibility index (Phi) is 1.45. The first-order valence-electron chi connectivity index (χ1n) is 3.65. The summed E-state index contributed by atoms with van der Waals surface area (Å²) >= 11 is 0. The summed E-state index contributed by atoms with van der Waals surface area (Å²) in [6, 6.07) is 4.34. The number of nitrogens with zero attached hydrogens (tertiary/aromatic N) is 1. The number of hydrogen-bond acceptors (Lipinski definition) is 4. The Morgan fingerprint density at radius 1 is 1.46 bits per heavy atom. The number of rotatable bonds is 0. The van der Waals surface area contributed by atoms with Crippen LogP contribution in [0.1, 0.15) is 0 Å². The molecule has 0 fully saturated rings. The van der Waals surface area contributed by atoms with Crippen molar-refractivity contribution in [1.82, 2.24) is 9.97 Å². The quantitative estimate of drug-likeness (QED) is 0.536. The van der Waals surface area contributed by atoms with Crippen LogP contribution in [0.15, 0.2) is 23.0 Å². The van der Waals surface area contributed by atoms with Crippen molar-refractivity contribution in [3.05, 3.63) is 28.6 Å². The van der Waals surface area contributed by atoms with Crippen molar-refractivity contribution >= 4 is 16.9 Å². The van der Waals surface area contributed by atoms with E-state index in [0.717, 1.165) is 0 Å². The van der Waals surface area contributed by atoms with Gasteiger partial charge in [-0.15, -0.1) is 0 Å². The first kappa shape index (κ1) is 7.60. The lowest BCUT2D eigenvalue weighted by Crippen LogP contribution is -2.10. The number of aromatic nitrogens is 2. The first-order valence-corrected chi connectivity index (χ1v) is 3.65. The van der Waals surface area contributed by atoms with Gasteiger partial charge in [-0.1, -0.05) is 0 Å². The van der Waals surface area contributed by atoms with E-state index < -0.39 is 0 Å². The molecule has 1 heterocycles. The lowest BCUT2D eigenvalue weighted by Gasteiger charge is -1.97. The van der Waals surface area contributed by atoms with Gasteiger partial charge in [-0.05, 0) is 18.2 Å². The average Bonchev–Trinajstić information content (AvgIpc) is 2.06. The number of anilines is 1. The number of aromatic hydroxyl groups is 1. The van der Waals surface area contributed by atoms with Crippen LogP contribution in [0.4, 0.5) is 5.95 Å². The molecular weight excluding hydrogens is 170 g/mol. The molecule has 0 bridgehead atoms. The predicted octanol–water partition coefficient (Wildman–Crippen LogP) is 0.211. The first-order chi connectivity index (χ1) is 6.16. The van der Waals surface area contributed by atoms with Crippen LogP contribution >= 0.6 is 0 Å². The number of H-pyrrole nitrogens is 1. The van der Waals surface area contributed by atoms with Crippen LogP contribution in [0.2, 0.25) is 0 Å². The zero-order valence-corrected chi connectivity index (χ0v) is 6.61. The molecule has 0 radical (unpaired) electrons. The lowest BCUT2D eigenvalue weighted by atomic mass is 10.2. The van der Waals surface area contributed by atoms with E-state index in [0.29, 0.717) is 10.9 Å². The number of nitrogens with one attached hydrogen (secondary N) is 1. The number of aromatic amines is 1. The van der Waals surface area contributed by atoms with Crippen molar-refractivity contribution in [2.75, 3.05) is 5.73 Å². The second-order valence-electron chi connectivity index (χ2n) is 2.65. The van der Waals surface area contributed by atoms with E-state index in [2.05, 4.69) is 9.97 Å². The molecule has 5 heteroatoms. The van der Waals surface area contributed by atoms with E-state index in [1.807, 2.05) is 0 Å². The van der Waals surface area contributed by atoms with Gasteiger partial charge in [-0.3, -0.25) is 9.78 Å². The summed E-state index contributed by atoms with van der Waals surface area (Å²) in [6.45, 7) is 0. The normalized spacial score (nSPS) is 10.5. The third-order valence-corrected chi connectivity index (χ3v) is 1.71. The molecule has 2 rings (SSSR count). The number of hydrogen-bond donors (Lipinski definition) is 3. The van der Waals surface area contributed by atoms with Crippen LogP contribution in [0.3, 0.4) is 0 Å². The van der Waals surface area contributed by atoms with Crippen LogP contribution in [0, 0.1) is 0 Å². The van der Waals surface area contributed by atoms with Crippen LogP contribution in [-0.2, 0) is 0 Å². The van der Waals surface area contributed by atoms with Gasteiger partial charge in [-0.2, -0.15) is 0 Å². The van der Waals surface area contributed by atoms with Crippen LogP contribution < -0.4 is 11.3 Å². The highest BCUT2D eigenvalue weighted by molar-refractivity contribution is 5.79. The topological polar surface area (TPSA) is 92.0 Å². The Bertz CT molecular complexity index is 518. The molecule has 2 aromatic rings. The number of benzene rings is 1. The maximum absolute atomic E-state index is 11.3. The van der Waals surface area contributed by atoms with Gasteiger partial charge in [0.05, 0.1) is 10.9 Å². The summed E-state index contributed by atoms with van der Waals surface area (Å²) < 4.78 is 0. The Balaban J connectivity index is 2.95. The molecule has 0 saturated carbocycles. The molecule has 0 aliphatic heterocycles. The Morgan fingerprint density at radius 2 is 2.23 bits per heavy atom. The molecule has 0 aliphatic rings. The summed E-state index contributed by atoms with van der Waals surface area (Å²) in [6.07, 6.45) is 0. The van der Waals surface area contributed by atoms with E-state index in [-0.39, 0.29) is 17.3 Å². The van der Waals surface area contributed by atoms with E-state index >= 15 is 0 Å². The van der Waals surface area contributed by atoms with Gasteiger partial charge in [0, 0.05) is 0 Å². The number of phenolic OH excluding ortho intramolecular Hbond substituents is 1. The fraction of sp³-hybridized carbons (Fsp3) is 0. The Morgan fingerprint density at radius 3 is 3.00 bits per heavy atom. The van der Waals surface area contributed by atoms with Crippen molar-refractivity contribution < 1.29 is 5.11 Å². The average molecular weight is 177 g/mol. The highest BCUT2D eigenvalue weighted by Crippen LogP contribution is 2.14. The van der Waals surface area contributed by atoms with Crippen molar-refractivity contribution in [3.8, 4) is 5.75 Å². The largest absolute Gasteiger partial charge is 0.508 e. The van der Waals surface area contributed by atoms with E-state index in [9.17, 15) is 4.79 Å². The van der Waals surface area contributed by atoms with Gasteiger partial charge in [-0.25, -0.2) is 4.98 Å². The zero-order chi connectivity index (χ0) is 9.42. The molecule has 5 nitrogen and oxygen atoms in total. The fourth-order valence-electron chi connectivity index (χ4n) is 1.14. The minimum Gasteiger partial charge on any atom is -0.508 e. The molecule has 66 valence electrons. The summed E-state index contributed by atoms with van der Waals surface area (Å²) in [4.78, 5) is 17.5. The standard InChI is InChI=1S/C8H7N3O2/c9-8-10-6-2-1-4(12)3-5(6)7(13)11-8/h1-3,12H,(H3,9,10,11,13). The summed E-state index contributed by atoms with van der Waals surface area (Å²) in [5.74, 6) is 0.104. The summed E-state index contributed by atoms with van der Waals surface area (Å²) in [5, 5.41) is 9.44. The molecule has 0 amide bonds. The fourth-order valence-corrected chi connectivity index (χ4v) is 1.14. The van der Waals surface area contributed by atoms with Gasteiger partial charge < -0.3 is 10.8 Å². The molecule has 13 heavy (non-hydrogen) atoms. The van der Waals surface area contributed by atoms with Crippen molar-refractivity contribution in [2.24, 2.45) is 0 Å². The maximum atomic E-state index is 11.3. The molecule has 0 unspecified atom stereocenters. The summed E-state index contributed by atoms with van der Waals surface area (Å²) in [5.41, 5.74) is 5.46. The van der Waals surface area contributed by atoms with Gasteiger partial charge in [0.15, 0.2) is 0 Å². The van der Waals surface area contributed by atoms with Gasteiger partial charge in [0.2, 0.25) is 5.95 Å². The third kappa shape index (κ3) is 1.20. The highest BCUT2D eigenvalue weighted by Gasteiger charge is 2.01. The zero-order valence-electron chi connectivity index (χ0n) is 6.61. The molecule has 1 aromatic carbocycles. The molecule has 0 spiro atoms. The van der Waals surface area contributed by atoms with E-state index in [4.69, 9.17) is 10.8 Å². The van der Waals surface area contributed by atoms with Crippen molar-refractivity contribution in [3.63, 3.8) is 0 Å². The van der Waals surface area contributed by atoms with Crippen molar-refractivity contribution in [2.45, 2.75) is 0 Å². The van der Waals surface area contributed by atoms with E-state index in [1.165, 1.54) is 18.2 Å². The Hall–Kier alpha value is -2.04. The number of phenols is 1. The molecule has 0 atom stereocenters. The number of fused-ring (bicyclic) bond motifs is 1. The highest BCUT2D eigenvalue weighted by atomic mass is 16.3. The monoisotopic (exact) mass is 177 g/mol. The summed E-state index contributed by atoms with van der Waals surface area (Å²) in [7, 11) is 0. The van der Waals surface area contributed by atoms with Gasteiger partial charge in [0.1, 0.15) is 5.75 Å². The van der Waals surface area contributed by atoms with Crippen LogP contribution in [-0.4, -0.2) is 15.1 Å². The van der Waals surface area contributed by atoms with E-state index in [1.54, 1.807) is 0 Å².